The van der Waals surface area contributed by atoms with Crippen molar-refractivity contribution in [1.29, 1.82) is 0 Å². The van der Waals surface area contributed by atoms with Crippen molar-refractivity contribution in [2.45, 2.75) is 38.6 Å². The predicted molar refractivity (Wildman–Crippen MR) is 67.8 cm³/mol. The highest BCUT2D eigenvalue weighted by Gasteiger charge is 2.06. The van der Waals surface area contributed by atoms with Crippen molar-refractivity contribution in [2.75, 3.05) is 12.8 Å². The van der Waals surface area contributed by atoms with Crippen molar-refractivity contribution in [3.8, 4) is 0 Å². The van der Waals surface area contributed by atoms with Crippen LogP contribution in [-0.2, 0) is 23.9 Å². The molecule has 1 aromatic rings. The second-order valence-electron chi connectivity index (χ2n) is 3.99. The largest absolute Gasteiger partial charge is 0.310 e. The maximum atomic E-state index is 11.2. The van der Waals surface area contributed by atoms with Gasteiger partial charge in [0, 0.05) is 48.1 Å². The van der Waals surface area contributed by atoms with E-state index in [9.17, 15) is 4.21 Å². The molecule has 5 heteroatoms. The molecule has 0 amide bonds. The number of nitrogens with one attached hydrogen (secondary N) is 1. The lowest BCUT2D eigenvalue weighted by Gasteiger charge is -2.11. The number of hydrogen-bond acceptors (Lipinski definition) is 3. The van der Waals surface area contributed by atoms with Crippen molar-refractivity contribution >= 4 is 10.8 Å². The lowest BCUT2D eigenvalue weighted by atomic mass is 10.4. The van der Waals surface area contributed by atoms with Crippen LogP contribution < -0.4 is 5.32 Å². The summed E-state index contributed by atoms with van der Waals surface area (Å²) in [6.07, 6.45) is 4.66. The van der Waals surface area contributed by atoms with E-state index in [1.165, 1.54) is 5.69 Å². The van der Waals surface area contributed by atoms with Gasteiger partial charge < -0.3 is 5.32 Å². The zero-order valence-electron chi connectivity index (χ0n) is 10.3. The van der Waals surface area contributed by atoms with Gasteiger partial charge in [-0.15, -0.1) is 0 Å². The highest BCUT2D eigenvalue weighted by atomic mass is 32.2. The molecule has 16 heavy (non-hydrogen) atoms. The molecule has 0 fully saturated rings. The van der Waals surface area contributed by atoms with E-state index in [2.05, 4.69) is 17.3 Å². The van der Waals surface area contributed by atoms with E-state index in [0.29, 0.717) is 0 Å². The van der Waals surface area contributed by atoms with Crippen LogP contribution in [0.4, 0.5) is 0 Å². The average molecular weight is 243 g/mol. The number of rotatable bonds is 7. The number of aromatic nitrogens is 2. The molecule has 92 valence electrons. The van der Waals surface area contributed by atoms with E-state index in [1.54, 1.807) is 6.26 Å². The fourth-order valence-corrected chi connectivity index (χ4v) is 1.80. The summed E-state index contributed by atoms with van der Waals surface area (Å²) in [7, 11) is -0.752. The maximum absolute atomic E-state index is 11.2. The Kier molecular flexibility index (Phi) is 5.69. The third-order valence-electron chi connectivity index (χ3n) is 2.54. The van der Waals surface area contributed by atoms with Gasteiger partial charge in [-0.25, -0.2) is 0 Å². The van der Waals surface area contributed by atoms with E-state index in [-0.39, 0.29) is 5.25 Å². The van der Waals surface area contributed by atoms with E-state index in [0.717, 1.165) is 26.1 Å². The number of hydrogen-bond donors (Lipinski definition) is 1. The minimum absolute atomic E-state index is 0.197. The summed E-state index contributed by atoms with van der Waals surface area (Å²) >= 11 is 0. The Morgan fingerprint density at radius 2 is 2.38 bits per heavy atom. The highest BCUT2D eigenvalue weighted by Crippen LogP contribution is 2.00. The summed E-state index contributed by atoms with van der Waals surface area (Å²) in [6, 6.07) is 2.02. The Morgan fingerprint density at radius 3 is 3.00 bits per heavy atom. The first kappa shape index (κ1) is 13.4. The van der Waals surface area contributed by atoms with Crippen molar-refractivity contribution < 1.29 is 4.21 Å². The number of nitrogens with zero attached hydrogens (tertiary/aromatic N) is 2. The van der Waals surface area contributed by atoms with Crippen LogP contribution in [0, 0.1) is 0 Å². The van der Waals surface area contributed by atoms with Gasteiger partial charge in [-0.05, 0) is 19.4 Å². The zero-order chi connectivity index (χ0) is 12.0. The fraction of sp³-hybridized carbons (Fsp3) is 0.727. The van der Waals surface area contributed by atoms with E-state index < -0.39 is 10.8 Å². The molecule has 0 saturated carbocycles. The van der Waals surface area contributed by atoms with E-state index in [4.69, 9.17) is 0 Å². The monoisotopic (exact) mass is 243 g/mol. The standard InChI is InChI=1S/C11H21N3OS/c1-4-7-14-11(5-6-13-14)9-12-8-10(2)16(3)15/h5-6,10,12H,4,7-9H2,1-3H3. The molecule has 0 aliphatic carbocycles. The fourth-order valence-electron chi connectivity index (χ4n) is 1.44. The zero-order valence-corrected chi connectivity index (χ0v) is 11.1. The average Bonchev–Trinajstić information content (AvgIpc) is 2.66. The topological polar surface area (TPSA) is 46.9 Å². The Hall–Kier alpha value is -0.680. The molecule has 0 spiro atoms. The minimum atomic E-state index is -0.752. The SMILES string of the molecule is CCCn1nccc1CNCC(C)S(C)=O. The van der Waals surface area contributed by atoms with Crippen LogP contribution in [0.5, 0.6) is 0 Å². The summed E-state index contributed by atoms with van der Waals surface area (Å²) in [5, 5.41) is 7.77. The molecule has 1 aromatic heterocycles. The number of aryl methyl sites for hydroxylation is 1. The van der Waals surface area contributed by atoms with Crippen LogP contribution in [0.2, 0.25) is 0 Å². The van der Waals surface area contributed by atoms with Crippen molar-refractivity contribution in [1.82, 2.24) is 15.1 Å². The van der Waals surface area contributed by atoms with Crippen molar-refractivity contribution in [3.63, 3.8) is 0 Å². The quantitative estimate of drug-likeness (QED) is 0.781. The second-order valence-corrected chi connectivity index (χ2v) is 5.79. The summed E-state index contributed by atoms with van der Waals surface area (Å²) in [4.78, 5) is 0. The van der Waals surface area contributed by atoms with Crippen LogP contribution in [0.15, 0.2) is 12.3 Å². The molecule has 0 saturated heterocycles. The third-order valence-corrected chi connectivity index (χ3v) is 3.84. The second kappa shape index (κ2) is 6.81. The Balaban J connectivity index is 2.36. The van der Waals surface area contributed by atoms with Crippen LogP contribution in [0.1, 0.15) is 26.0 Å². The van der Waals surface area contributed by atoms with Crippen LogP contribution in [0.3, 0.4) is 0 Å². The highest BCUT2D eigenvalue weighted by molar-refractivity contribution is 7.84. The van der Waals surface area contributed by atoms with Gasteiger partial charge in [-0.1, -0.05) is 6.92 Å². The van der Waals surface area contributed by atoms with Crippen LogP contribution in [-0.4, -0.2) is 32.0 Å². The molecule has 0 bridgehead atoms. The van der Waals surface area contributed by atoms with Gasteiger partial charge in [0.05, 0.1) is 5.69 Å². The van der Waals surface area contributed by atoms with Gasteiger partial charge in [0.25, 0.3) is 0 Å². The summed E-state index contributed by atoms with van der Waals surface area (Å²) in [5.74, 6) is 0. The van der Waals surface area contributed by atoms with Crippen LogP contribution in [0.25, 0.3) is 0 Å². The first-order valence-electron chi connectivity index (χ1n) is 5.68. The minimum Gasteiger partial charge on any atom is -0.310 e. The first-order valence-corrected chi connectivity index (χ1v) is 7.31. The van der Waals surface area contributed by atoms with Crippen molar-refractivity contribution in [3.05, 3.63) is 18.0 Å². The molecular weight excluding hydrogens is 222 g/mol. The van der Waals surface area contributed by atoms with Gasteiger partial charge in [-0.3, -0.25) is 8.89 Å². The molecule has 1 heterocycles. The summed E-state index contributed by atoms with van der Waals surface area (Å²) < 4.78 is 13.2. The third kappa shape index (κ3) is 4.06. The molecule has 0 aromatic carbocycles. The van der Waals surface area contributed by atoms with E-state index >= 15 is 0 Å². The molecule has 0 radical (unpaired) electrons. The van der Waals surface area contributed by atoms with Gasteiger partial charge in [-0.2, -0.15) is 5.10 Å². The molecule has 2 atom stereocenters. The molecule has 0 aliphatic heterocycles. The van der Waals surface area contributed by atoms with Crippen molar-refractivity contribution in [2.24, 2.45) is 0 Å². The molecule has 2 unspecified atom stereocenters. The predicted octanol–water partition coefficient (Wildman–Crippen LogP) is 1.15. The lowest BCUT2D eigenvalue weighted by molar-refractivity contribution is 0.548. The molecule has 1 N–H and O–H groups in total. The molecule has 0 aliphatic rings. The smallest absolute Gasteiger partial charge is 0.0522 e. The normalized spacial score (nSPS) is 14.9. The maximum Gasteiger partial charge on any atom is 0.0522 e. The van der Waals surface area contributed by atoms with Gasteiger partial charge in [0.2, 0.25) is 0 Å². The van der Waals surface area contributed by atoms with Crippen LogP contribution >= 0.6 is 0 Å². The Labute approximate surface area is 99.9 Å². The van der Waals surface area contributed by atoms with Gasteiger partial charge >= 0.3 is 0 Å². The Bertz CT molecular complexity index is 338. The Morgan fingerprint density at radius 1 is 1.62 bits per heavy atom. The first-order chi connectivity index (χ1) is 7.65. The lowest BCUT2D eigenvalue weighted by Crippen LogP contribution is -2.28. The van der Waals surface area contributed by atoms with E-state index in [1.807, 2.05) is 23.9 Å². The molecule has 4 nitrogen and oxygen atoms in total. The van der Waals surface area contributed by atoms with Gasteiger partial charge in [0.1, 0.15) is 0 Å². The summed E-state index contributed by atoms with van der Waals surface area (Å²) in [6.45, 7) is 6.66. The van der Waals surface area contributed by atoms with Gasteiger partial charge in [0.15, 0.2) is 0 Å². The molecule has 1 rings (SSSR count). The summed E-state index contributed by atoms with van der Waals surface area (Å²) in [5.41, 5.74) is 1.19. The molecular formula is C11H21N3OS.